The molecule has 2 fully saturated rings. The van der Waals surface area contributed by atoms with Gasteiger partial charge in [-0.25, -0.2) is 0 Å². The first-order chi connectivity index (χ1) is 11.8. The van der Waals surface area contributed by atoms with Crippen molar-refractivity contribution in [1.82, 2.24) is 10.2 Å². The Hall–Kier alpha value is -0.860. The molecule has 0 amide bonds. The van der Waals surface area contributed by atoms with E-state index in [1.54, 1.807) is 0 Å². The van der Waals surface area contributed by atoms with Crippen LogP contribution in [0.1, 0.15) is 25.3 Å². The SMILES string of the molecule is CCNC(=NCC1CN2CCCC2CO1)N1CCc2ccccc21.I. The molecule has 2 saturated heterocycles. The Kier molecular flexibility index (Phi) is 6.57. The molecule has 0 radical (unpaired) electrons. The number of para-hydroxylation sites is 1. The fourth-order valence-electron chi connectivity index (χ4n) is 4.14. The number of hydrogen-bond acceptors (Lipinski definition) is 3. The number of rotatable bonds is 3. The van der Waals surface area contributed by atoms with Gasteiger partial charge in [-0.15, -0.1) is 24.0 Å². The lowest BCUT2D eigenvalue weighted by Crippen LogP contribution is -2.48. The van der Waals surface area contributed by atoms with E-state index >= 15 is 0 Å². The molecule has 4 rings (SSSR count). The van der Waals surface area contributed by atoms with Crippen molar-refractivity contribution in [2.45, 2.75) is 38.3 Å². The highest BCUT2D eigenvalue weighted by molar-refractivity contribution is 14.0. The molecule has 2 unspecified atom stereocenters. The normalized spacial score (nSPS) is 26.1. The lowest BCUT2D eigenvalue weighted by Gasteiger charge is -2.34. The number of fused-ring (bicyclic) bond motifs is 2. The van der Waals surface area contributed by atoms with E-state index < -0.39 is 0 Å². The number of benzene rings is 1. The monoisotopic (exact) mass is 456 g/mol. The second kappa shape index (κ2) is 8.68. The van der Waals surface area contributed by atoms with Crippen LogP contribution in [0.4, 0.5) is 5.69 Å². The van der Waals surface area contributed by atoms with Crippen molar-refractivity contribution in [3.8, 4) is 0 Å². The van der Waals surface area contributed by atoms with E-state index in [4.69, 9.17) is 9.73 Å². The van der Waals surface area contributed by atoms with Crippen molar-refractivity contribution in [3.63, 3.8) is 0 Å². The molecular weight excluding hydrogens is 427 g/mol. The number of ether oxygens (including phenoxy) is 1. The Morgan fingerprint density at radius 1 is 1.32 bits per heavy atom. The first-order valence-corrected chi connectivity index (χ1v) is 9.34. The zero-order chi connectivity index (χ0) is 16.4. The third-order valence-corrected chi connectivity index (χ3v) is 5.38. The summed E-state index contributed by atoms with van der Waals surface area (Å²) in [5.41, 5.74) is 2.71. The van der Waals surface area contributed by atoms with Gasteiger partial charge in [-0.05, 0) is 44.4 Å². The first-order valence-electron chi connectivity index (χ1n) is 9.34. The highest BCUT2D eigenvalue weighted by Crippen LogP contribution is 2.27. The maximum absolute atomic E-state index is 6.06. The van der Waals surface area contributed by atoms with Gasteiger partial charge in [0.1, 0.15) is 0 Å². The number of hydrogen-bond donors (Lipinski definition) is 1. The minimum absolute atomic E-state index is 0. The highest BCUT2D eigenvalue weighted by atomic mass is 127. The van der Waals surface area contributed by atoms with Crippen molar-refractivity contribution >= 4 is 35.6 Å². The molecule has 25 heavy (non-hydrogen) atoms. The molecule has 0 bridgehead atoms. The van der Waals surface area contributed by atoms with Crippen LogP contribution >= 0.6 is 24.0 Å². The summed E-state index contributed by atoms with van der Waals surface area (Å²) >= 11 is 0. The number of nitrogens with one attached hydrogen (secondary N) is 1. The van der Waals surface area contributed by atoms with Gasteiger partial charge in [0.2, 0.25) is 0 Å². The minimum atomic E-state index is 0. The molecule has 1 N–H and O–H groups in total. The van der Waals surface area contributed by atoms with Crippen molar-refractivity contribution < 1.29 is 4.74 Å². The summed E-state index contributed by atoms with van der Waals surface area (Å²) < 4.78 is 6.06. The molecule has 0 saturated carbocycles. The summed E-state index contributed by atoms with van der Waals surface area (Å²) in [6, 6.07) is 9.30. The van der Waals surface area contributed by atoms with E-state index in [9.17, 15) is 0 Å². The second-order valence-corrected chi connectivity index (χ2v) is 6.97. The van der Waals surface area contributed by atoms with Gasteiger partial charge in [-0.1, -0.05) is 18.2 Å². The van der Waals surface area contributed by atoms with Crippen LogP contribution in [0.3, 0.4) is 0 Å². The largest absolute Gasteiger partial charge is 0.373 e. The molecule has 3 aliphatic rings. The molecule has 1 aromatic carbocycles. The molecular formula is C19H29IN4O. The molecule has 3 aliphatic heterocycles. The van der Waals surface area contributed by atoms with Crippen molar-refractivity contribution in [1.29, 1.82) is 0 Å². The van der Waals surface area contributed by atoms with Crippen LogP contribution in [0.2, 0.25) is 0 Å². The van der Waals surface area contributed by atoms with E-state index in [0.29, 0.717) is 6.04 Å². The van der Waals surface area contributed by atoms with E-state index in [-0.39, 0.29) is 30.1 Å². The fraction of sp³-hybridized carbons (Fsp3) is 0.632. The maximum Gasteiger partial charge on any atom is 0.198 e. The fourth-order valence-corrected chi connectivity index (χ4v) is 4.14. The van der Waals surface area contributed by atoms with Crippen LogP contribution in [0.5, 0.6) is 0 Å². The summed E-state index contributed by atoms with van der Waals surface area (Å²) in [5.74, 6) is 0.995. The van der Waals surface area contributed by atoms with Crippen LogP contribution in [0.15, 0.2) is 29.3 Å². The molecule has 1 aromatic rings. The zero-order valence-corrected chi connectivity index (χ0v) is 17.3. The predicted molar refractivity (Wildman–Crippen MR) is 113 cm³/mol. The lowest BCUT2D eigenvalue weighted by molar-refractivity contribution is -0.0432. The number of aliphatic imine (C=N–C) groups is 1. The predicted octanol–water partition coefficient (Wildman–Crippen LogP) is 2.50. The minimum Gasteiger partial charge on any atom is -0.373 e. The van der Waals surface area contributed by atoms with Gasteiger partial charge in [0, 0.05) is 31.4 Å². The number of guanidine groups is 1. The smallest absolute Gasteiger partial charge is 0.198 e. The Bertz CT molecular complexity index is 609. The van der Waals surface area contributed by atoms with Crippen molar-refractivity contribution in [2.75, 3.05) is 44.2 Å². The standard InChI is InChI=1S/C19H28N4O.HI/c1-2-20-19(23-11-9-15-6-3-4-8-18(15)23)21-12-17-13-22-10-5-7-16(22)14-24-17;/h3-4,6,8,16-17H,2,5,7,9-14H2,1H3,(H,20,21);1H. The van der Waals surface area contributed by atoms with Crippen molar-refractivity contribution in [3.05, 3.63) is 29.8 Å². The third kappa shape index (κ3) is 4.11. The molecule has 2 atom stereocenters. The summed E-state index contributed by atoms with van der Waals surface area (Å²) in [4.78, 5) is 9.82. The number of halogens is 1. The topological polar surface area (TPSA) is 40.1 Å². The number of anilines is 1. The van der Waals surface area contributed by atoms with Gasteiger partial charge < -0.3 is 15.0 Å². The van der Waals surface area contributed by atoms with Gasteiger partial charge >= 0.3 is 0 Å². The summed E-state index contributed by atoms with van der Waals surface area (Å²) in [6.45, 7) is 7.90. The molecule has 0 aliphatic carbocycles. The summed E-state index contributed by atoms with van der Waals surface area (Å²) in [5, 5.41) is 3.46. The van der Waals surface area contributed by atoms with Gasteiger partial charge in [0.05, 0.1) is 19.3 Å². The first kappa shape index (κ1) is 18.9. The van der Waals surface area contributed by atoms with Gasteiger partial charge in [0.25, 0.3) is 0 Å². The second-order valence-electron chi connectivity index (χ2n) is 6.97. The molecule has 3 heterocycles. The van der Waals surface area contributed by atoms with Gasteiger partial charge in [0.15, 0.2) is 5.96 Å². The summed E-state index contributed by atoms with van der Waals surface area (Å²) in [6.07, 6.45) is 3.93. The van der Waals surface area contributed by atoms with Crippen molar-refractivity contribution in [2.24, 2.45) is 4.99 Å². The van der Waals surface area contributed by atoms with E-state index in [1.807, 2.05) is 0 Å². The van der Waals surface area contributed by atoms with Crippen LogP contribution in [-0.4, -0.2) is 62.3 Å². The van der Waals surface area contributed by atoms with Gasteiger partial charge in [-0.2, -0.15) is 0 Å². The van der Waals surface area contributed by atoms with Crippen LogP contribution in [0.25, 0.3) is 0 Å². The molecule has 0 aromatic heterocycles. The summed E-state index contributed by atoms with van der Waals surface area (Å²) in [7, 11) is 0. The molecule has 138 valence electrons. The number of nitrogens with zero attached hydrogens (tertiary/aromatic N) is 3. The third-order valence-electron chi connectivity index (χ3n) is 5.38. The average Bonchev–Trinajstić information content (AvgIpc) is 3.25. The zero-order valence-electron chi connectivity index (χ0n) is 15.0. The van der Waals surface area contributed by atoms with Crippen LogP contribution < -0.4 is 10.2 Å². The highest BCUT2D eigenvalue weighted by Gasteiger charge is 2.32. The van der Waals surface area contributed by atoms with Crippen LogP contribution in [0, 0.1) is 0 Å². The average molecular weight is 456 g/mol. The molecule has 5 nitrogen and oxygen atoms in total. The molecule has 0 spiro atoms. The molecule has 6 heteroatoms. The lowest BCUT2D eigenvalue weighted by atomic mass is 10.2. The van der Waals surface area contributed by atoms with E-state index in [0.717, 1.165) is 45.2 Å². The Balaban J connectivity index is 0.00000182. The van der Waals surface area contributed by atoms with E-state index in [1.165, 1.54) is 30.6 Å². The number of morpholine rings is 1. The van der Waals surface area contributed by atoms with Crippen LogP contribution in [-0.2, 0) is 11.2 Å². The quantitative estimate of drug-likeness (QED) is 0.431. The van der Waals surface area contributed by atoms with Gasteiger partial charge in [-0.3, -0.25) is 9.89 Å². The Labute approximate surface area is 167 Å². The Morgan fingerprint density at radius 2 is 2.20 bits per heavy atom. The maximum atomic E-state index is 6.06. The van der Waals surface area contributed by atoms with E-state index in [2.05, 4.69) is 46.3 Å². The Morgan fingerprint density at radius 3 is 3.08 bits per heavy atom.